The number of benzene rings is 3. The standard InChI is InChI=1S/C32H34N2O7/c1-32(2,3)28(30(37)38)34-29(36)26(17-27(35)40-18-20-11-5-4-6-12-20)33-31(39)41-19-25-23-15-9-7-13-21(23)22-14-8-10-16-24(22)25/h4-16,25-26,28H,17-19H2,1-3H3,(H,33,39)(H,34,36)(H,37,38)/t26-,28?/m0/s1. The SMILES string of the molecule is CC(C)(C)C(NC(=O)[C@H](CC(=O)OCc1ccccc1)NC(=O)OCC1c2ccccc2-c2ccccc21)C(=O)O. The Bertz CT molecular complexity index is 1370. The molecule has 0 spiro atoms. The van der Waals surface area contributed by atoms with E-state index < -0.39 is 47.9 Å². The maximum Gasteiger partial charge on any atom is 0.407 e. The lowest BCUT2D eigenvalue weighted by molar-refractivity contribution is -0.148. The molecule has 214 valence electrons. The molecule has 0 aromatic heterocycles. The fourth-order valence-electron chi connectivity index (χ4n) is 4.85. The Hall–Kier alpha value is -4.66. The molecule has 41 heavy (non-hydrogen) atoms. The lowest BCUT2D eigenvalue weighted by atomic mass is 9.86. The summed E-state index contributed by atoms with van der Waals surface area (Å²) in [5.74, 6) is -3.01. The maximum atomic E-state index is 13.2. The van der Waals surface area contributed by atoms with E-state index in [1.807, 2.05) is 54.6 Å². The van der Waals surface area contributed by atoms with Crippen LogP contribution in [0.4, 0.5) is 4.79 Å². The number of rotatable bonds is 10. The molecule has 9 heteroatoms. The van der Waals surface area contributed by atoms with Gasteiger partial charge >= 0.3 is 18.0 Å². The fraction of sp³-hybridized carbons (Fsp3) is 0.312. The van der Waals surface area contributed by atoms with Crippen LogP contribution in [0.5, 0.6) is 0 Å². The van der Waals surface area contributed by atoms with Gasteiger partial charge in [-0.05, 0) is 33.2 Å². The summed E-state index contributed by atoms with van der Waals surface area (Å²) in [6, 6.07) is 22.1. The van der Waals surface area contributed by atoms with Crippen molar-refractivity contribution in [1.29, 1.82) is 0 Å². The van der Waals surface area contributed by atoms with Crippen LogP contribution in [-0.2, 0) is 30.5 Å². The third-order valence-corrected chi connectivity index (χ3v) is 6.97. The predicted octanol–water partition coefficient (Wildman–Crippen LogP) is 4.64. The van der Waals surface area contributed by atoms with Crippen LogP contribution in [0.3, 0.4) is 0 Å². The summed E-state index contributed by atoms with van der Waals surface area (Å²) in [6.45, 7) is 4.97. The van der Waals surface area contributed by atoms with Crippen molar-refractivity contribution < 1.29 is 33.8 Å². The summed E-state index contributed by atoms with van der Waals surface area (Å²) < 4.78 is 10.9. The highest BCUT2D eigenvalue weighted by molar-refractivity contribution is 5.92. The van der Waals surface area contributed by atoms with Gasteiger partial charge in [0.25, 0.3) is 0 Å². The average Bonchev–Trinajstić information content (AvgIpc) is 3.26. The molecular formula is C32H34N2O7. The molecule has 0 radical (unpaired) electrons. The molecule has 3 N–H and O–H groups in total. The number of alkyl carbamates (subject to hydrolysis) is 1. The van der Waals surface area contributed by atoms with E-state index in [0.29, 0.717) is 0 Å². The number of fused-ring (bicyclic) bond motifs is 3. The van der Waals surface area contributed by atoms with Gasteiger partial charge in [0, 0.05) is 5.92 Å². The van der Waals surface area contributed by atoms with Crippen LogP contribution in [0, 0.1) is 5.41 Å². The third-order valence-electron chi connectivity index (χ3n) is 6.97. The number of carboxylic acids is 1. The van der Waals surface area contributed by atoms with Crippen LogP contribution in [0.1, 0.15) is 49.8 Å². The Kier molecular flexibility index (Phi) is 9.07. The first-order valence-corrected chi connectivity index (χ1v) is 13.4. The first-order valence-electron chi connectivity index (χ1n) is 13.4. The van der Waals surface area contributed by atoms with Crippen LogP contribution in [0.2, 0.25) is 0 Å². The molecule has 0 heterocycles. The molecule has 1 aliphatic carbocycles. The van der Waals surface area contributed by atoms with E-state index in [-0.39, 0.29) is 19.1 Å². The molecule has 3 aromatic carbocycles. The van der Waals surface area contributed by atoms with Gasteiger partial charge in [-0.15, -0.1) is 0 Å². The van der Waals surface area contributed by atoms with Crippen molar-refractivity contribution >= 4 is 23.9 Å². The first-order chi connectivity index (χ1) is 19.5. The number of carbonyl (C=O) groups is 4. The summed E-state index contributed by atoms with van der Waals surface area (Å²) in [6.07, 6.45) is -1.43. The van der Waals surface area contributed by atoms with Crippen molar-refractivity contribution in [2.75, 3.05) is 6.61 Å². The number of esters is 1. The highest BCUT2D eigenvalue weighted by Crippen LogP contribution is 2.44. The summed E-state index contributed by atoms with van der Waals surface area (Å²) in [7, 11) is 0. The average molecular weight is 559 g/mol. The summed E-state index contributed by atoms with van der Waals surface area (Å²) >= 11 is 0. The number of ether oxygens (including phenoxy) is 2. The zero-order chi connectivity index (χ0) is 29.6. The van der Waals surface area contributed by atoms with Crippen LogP contribution in [-0.4, -0.2) is 47.7 Å². The van der Waals surface area contributed by atoms with Crippen molar-refractivity contribution in [1.82, 2.24) is 10.6 Å². The second kappa shape index (κ2) is 12.7. The van der Waals surface area contributed by atoms with Gasteiger partial charge in [0.05, 0.1) is 6.42 Å². The second-order valence-electron chi connectivity index (χ2n) is 11.0. The van der Waals surface area contributed by atoms with Crippen molar-refractivity contribution in [2.45, 2.75) is 51.8 Å². The van der Waals surface area contributed by atoms with Crippen LogP contribution in [0.25, 0.3) is 11.1 Å². The van der Waals surface area contributed by atoms with Gasteiger partial charge in [0.2, 0.25) is 5.91 Å². The van der Waals surface area contributed by atoms with Gasteiger partial charge in [-0.3, -0.25) is 9.59 Å². The molecule has 3 aromatic rings. The zero-order valence-electron chi connectivity index (χ0n) is 23.3. The monoisotopic (exact) mass is 558 g/mol. The normalized spacial score (nSPS) is 13.7. The molecule has 4 rings (SSSR count). The van der Waals surface area contributed by atoms with E-state index in [4.69, 9.17) is 9.47 Å². The summed E-state index contributed by atoms with van der Waals surface area (Å²) in [4.78, 5) is 50.6. The Labute approximate surface area is 238 Å². The van der Waals surface area contributed by atoms with E-state index in [1.165, 1.54) is 0 Å². The lowest BCUT2D eigenvalue weighted by Crippen LogP contribution is -2.56. The van der Waals surface area contributed by atoms with Gasteiger partial charge in [0.15, 0.2) is 0 Å². The Morgan fingerprint density at radius 3 is 1.93 bits per heavy atom. The van der Waals surface area contributed by atoms with Crippen molar-refractivity contribution in [3.63, 3.8) is 0 Å². The molecule has 0 saturated heterocycles. The smallest absolute Gasteiger partial charge is 0.407 e. The summed E-state index contributed by atoms with van der Waals surface area (Å²) in [5.41, 5.74) is 4.10. The van der Waals surface area contributed by atoms with Gasteiger partial charge in [0.1, 0.15) is 25.3 Å². The van der Waals surface area contributed by atoms with E-state index in [9.17, 15) is 24.3 Å². The number of amides is 2. The van der Waals surface area contributed by atoms with Gasteiger partial charge in [-0.25, -0.2) is 9.59 Å². The number of aliphatic carboxylic acids is 1. The van der Waals surface area contributed by atoms with Gasteiger partial charge in [-0.2, -0.15) is 0 Å². The molecule has 1 unspecified atom stereocenters. The van der Waals surface area contributed by atoms with Crippen molar-refractivity contribution in [3.05, 3.63) is 95.6 Å². The first kappa shape index (κ1) is 29.3. The minimum atomic E-state index is -1.42. The van der Waals surface area contributed by atoms with E-state index >= 15 is 0 Å². The zero-order valence-corrected chi connectivity index (χ0v) is 23.3. The summed E-state index contributed by atoms with van der Waals surface area (Å²) in [5, 5.41) is 14.6. The number of nitrogens with one attached hydrogen (secondary N) is 2. The largest absolute Gasteiger partial charge is 0.480 e. The molecular weight excluding hydrogens is 524 g/mol. The molecule has 2 amide bonds. The minimum Gasteiger partial charge on any atom is -0.480 e. The van der Waals surface area contributed by atoms with Crippen molar-refractivity contribution in [3.8, 4) is 11.1 Å². The molecule has 0 bridgehead atoms. The molecule has 0 fully saturated rings. The Balaban J connectivity index is 1.45. The van der Waals surface area contributed by atoms with Gasteiger partial charge < -0.3 is 25.2 Å². The molecule has 1 aliphatic rings. The van der Waals surface area contributed by atoms with E-state index in [2.05, 4.69) is 10.6 Å². The van der Waals surface area contributed by atoms with E-state index in [1.54, 1.807) is 45.0 Å². The second-order valence-corrected chi connectivity index (χ2v) is 11.0. The van der Waals surface area contributed by atoms with Crippen LogP contribution >= 0.6 is 0 Å². The van der Waals surface area contributed by atoms with Crippen LogP contribution in [0.15, 0.2) is 78.9 Å². The molecule has 2 atom stereocenters. The maximum absolute atomic E-state index is 13.2. The molecule has 9 nitrogen and oxygen atoms in total. The fourth-order valence-corrected chi connectivity index (χ4v) is 4.85. The number of carbonyl (C=O) groups excluding carboxylic acids is 3. The van der Waals surface area contributed by atoms with E-state index in [0.717, 1.165) is 27.8 Å². The number of hydrogen-bond acceptors (Lipinski definition) is 6. The highest BCUT2D eigenvalue weighted by Gasteiger charge is 2.36. The number of carboxylic acid groups (broad SMARTS) is 1. The topological polar surface area (TPSA) is 131 Å². The quantitative estimate of drug-likeness (QED) is 0.309. The molecule has 0 aliphatic heterocycles. The lowest BCUT2D eigenvalue weighted by Gasteiger charge is -2.29. The van der Waals surface area contributed by atoms with Gasteiger partial charge in [-0.1, -0.05) is 99.6 Å². The van der Waals surface area contributed by atoms with Crippen molar-refractivity contribution in [2.24, 2.45) is 5.41 Å². The Morgan fingerprint density at radius 1 is 0.805 bits per heavy atom. The highest BCUT2D eigenvalue weighted by atomic mass is 16.5. The minimum absolute atomic E-state index is 0.00634. The van der Waals surface area contributed by atoms with Crippen LogP contribution < -0.4 is 10.6 Å². The molecule has 0 saturated carbocycles. The number of hydrogen-bond donors (Lipinski definition) is 3. The third kappa shape index (κ3) is 7.30. The Morgan fingerprint density at radius 2 is 1.37 bits per heavy atom. The predicted molar refractivity (Wildman–Crippen MR) is 152 cm³/mol.